The molecular formula is C16H23BrN4O3. The fourth-order valence-electron chi connectivity index (χ4n) is 1.81. The Morgan fingerprint density at radius 3 is 2.38 bits per heavy atom. The Bertz CT molecular complexity index is 592. The van der Waals surface area contributed by atoms with E-state index in [9.17, 15) is 14.4 Å². The zero-order valence-electron chi connectivity index (χ0n) is 14.1. The number of amides is 4. The molecule has 3 N–H and O–H groups in total. The molecule has 0 saturated carbocycles. The number of nitrogens with one attached hydrogen (secondary N) is 3. The number of benzene rings is 1. The van der Waals surface area contributed by atoms with Gasteiger partial charge < -0.3 is 10.6 Å². The van der Waals surface area contributed by atoms with Crippen LogP contribution in [0.15, 0.2) is 28.7 Å². The summed E-state index contributed by atoms with van der Waals surface area (Å²) in [7, 11) is 1.63. The minimum Gasteiger partial charge on any atom is -0.338 e. The van der Waals surface area contributed by atoms with Crippen molar-refractivity contribution in [2.24, 2.45) is 5.92 Å². The summed E-state index contributed by atoms with van der Waals surface area (Å²) in [6, 6.07) is 6.73. The number of para-hydroxylation sites is 1. The third kappa shape index (κ3) is 8.07. The summed E-state index contributed by atoms with van der Waals surface area (Å²) in [4.78, 5) is 36.7. The van der Waals surface area contributed by atoms with E-state index in [0.717, 1.165) is 4.47 Å². The molecule has 0 heterocycles. The number of carbonyl (C=O) groups is 3. The van der Waals surface area contributed by atoms with E-state index in [2.05, 4.69) is 31.9 Å². The second-order valence-electron chi connectivity index (χ2n) is 5.85. The van der Waals surface area contributed by atoms with E-state index in [-0.39, 0.29) is 19.0 Å². The Morgan fingerprint density at radius 1 is 1.12 bits per heavy atom. The Labute approximate surface area is 150 Å². The van der Waals surface area contributed by atoms with Crippen LogP contribution in [0.3, 0.4) is 0 Å². The van der Waals surface area contributed by atoms with E-state index < -0.39 is 11.9 Å². The molecule has 1 rings (SSSR count). The number of imide groups is 1. The van der Waals surface area contributed by atoms with Crippen LogP contribution in [0.4, 0.5) is 10.5 Å². The van der Waals surface area contributed by atoms with E-state index in [4.69, 9.17) is 0 Å². The van der Waals surface area contributed by atoms with Crippen molar-refractivity contribution in [2.75, 3.05) is 32.0 Å². The Hall–Kier alpha value is -1.93. The average Bonchev–Trinajstić information content (AvgIpc) is 2.47. The van der Waals surface area contributed by atoms with Crippen LogP contribution < -0.4 is 16.0 Å². The van der Waals surface area contributed by atoms with Gasteiger partial charge in [-0.2, -0.15) is 0 Å². The third-order valence-electron chi connectivity index (χ3n) is 2.90. The van der Waals surface area contributed by atoms with Gasteiger partial charge in [0.15, 0.2) is 0 Å². The monoisotopic (exact) mass is 398 g/mol. The number of rotatable bonds is 7. The molecule has 0 saturated heterocycles. The van der Waals surface area contributed by atoms with E-state index in [0.29, 0.717) is 18.2 Å². The van der Waals surface area contributed by atoms with Gasteiger partial charge in [-0.3, -0.25) is 19.8 Å². The first-order chi connectivity index (χ1) is 11.3. The van der Waals surface area contributed by atoms with Gasteiger partial charge in [-0.25, -0.2) is 4.79 Å². The van der Waals surface area contributed by atoms with Crippen LogP contribution in [0, 0.1) is 5.92 Å². The standard InChI is InChI=1S/C16H23BrN4O3/c1-11(2)8-18-16(24)20-15(23)10-21(3)9-14(22)19-13-7-5-4-6-12(13)17/h4-7,11H,8-10H2,1-3H3,(H,19,22)(H2,18,20,23,24). The fraction of sp³-hybridized carbons (Fsp3) is 0.438. The summed E-state index contributed by atoms with van der Waals surface area (Å²) in [6.07, 6.45) is 0. The highest BCUT2D eigenvalue weighted by atomic mass is 79.9. The highest BCUT2D eigenvalue weighted by Gasteiger charge is 2.13. The molecule has 7 nitrogen and oxygen atoms in total. The molecule has 0 unspecified atom stereocenters. The maximum Gasteiger partial charge on any atom is 0.321 e. The molecule has 0 aliphatic heterocycles. The van der Waals surface area contributed by atoms with E-state index in [1.54, 1.807) is 13.1 Å². The van der Waals surface area contributed by atoms with Gasteiger partial charge >= 0.3 is 6.03 Å². The molecule has 1 aromatic rings. The van der Waals surface area contributed by atoms with Crippen LogP contribution in [0.25, 0.3) is 0 Å². The Morgan fingerprint density at radius 2 is 1.75 bits per heavy atom. The first kappa shape index (κ1) is 20.1. The smallest absolute Gasteiger partial charge is 0.321 e. The van der Waals surface area contributed by atoms with Gasteiger partial charge in [-0.15, -0.1) is 0 Å². The number of anilines is 1. The minimum atomic E-state index is -0.528. The van der Waals surface area contributed by atoms with Crippen molar-refractivity contribution in [3.05, 3.63) is 28.7 Å². The first-order valence-electron chi connectivity index (χ1n) is 7.58. The van der Waals surface area contributed by atoms with Gasteiger partial charge in [-0.1, -0.05) is 26.0 Å². The molecule has 0 radical (unpaired) electrons. The number of nitrogens with zero attached hydrogens (tertiary/aromatic N) is 1. The van der Waals surface area contributed by atoms with Crippen LogP contribution in [-0.2, 0) is 9.59 Å². The fourth-order valence-corrected chi connectivity index (χ4v) is 2.19. The molecule has 0 aromatic heterocycles. The molecule has 132 valence electrons. The minimum absolute atomic E-state index is 0.0301. The van der Waals surface area contributed by atoms with Crippen molar-refractivity contribution < 1.29 is 14.4 Å². The number of carbonyl (C=O) groups excluding carboxylic acids is 3. The number of urea groups is 1. The third-order valence-corrected chi connectivity index (χ3v) is 3.59. The van der Waals surface area contributed by atoms with Crippen LogP contribution in [0.5, 0.6) is 0 Å². The predicted octanol–water partition coefficient (Wildman–Crippen LogP) is 1.80. The lowest BCUT2D eigenvalue weighted by atomic mass is 10.2. The van der Waals surface area contributed by atoms with Crippen molar-refractivity contribution in [2.45, 2.75) is 13.8 Å². The van der Waals surface area contributed by atoms with Crippen molar-refractivity contribution in [1.82, 2.24) is 15.5 Å². The summed E-state index contributed by atoms with van der Waals surface area (Å²) >= 11 is 3.35. The zero-order chi connectivity index (χ0) is 18.1. The molecule has 0 aliphatic rings. The normalized spacial score (nSPS) is 10.6. The second kappa shape index (κ2) is 10.0. The van der Waals surface area contributed by atoms with Gasteiger partial charge in [0, 0.05) is 11.0 Å². The number of likely N-dealkylation sites (N-methyl/N-ethyl adjacent to an activating group) is 1. The van der Waals surface area contributed by atoms with E-state index in [1.807, 2.05) is 32.0 Å². The Kier molecular flexibility index (Phi) is 8.42. The largest absolute Gasteiger partial charge is 0.338 e. The zero-order valence-corrected chi connectivity index (χ0v) is 15.6. The Balaban J connectivity index is 2.35. The van der Waals surface area contributed by atoms with Gasteiger partial charge in [0.1, 0.15) is 0 Å². The summed E-state index contributed by atoms with van der Waals surface area (Å²) < 4.78 is 0.778. The van der Waals surface area contributed by atoms with Crippen molar-refractivity contribution in [1.29, 1.82) is 0 Å². The maximum atomic E-state index is 12.0. The average molecular weight is 399 g/mol. The van der Waals surface area contributed by atoms with Gasteiger partial charge in [0.2, 0.25) is 11.8 Å². The molecule has 4 amide bonds. The molecule has 0 spiro atoms. The van der Waals surface area contributed by atoms with Gasteiger partial charge in [0.05, 0.1) is 18.8 Å². The van der Waals surface area contributed by atoms with Crippen LogP contribution in [0.2, 0.25) is 0 Å². The SMILES string of the molecule is CC(C)CNC(=O)NC(=O)CN(C)CC(=O)Nc1ccccc1Br. The van der Waals surface area contributed by atoms with Crippen LogP contribution >= 0.6 is 15.9 Å². The number of hydrogen-bond donors (Lipinski definition) is 3. The topological polar surface area (TPSA) is 90.5 Å². The van der Waals surface area contributed by atoms with Gasteiger partial charge in [0.25, 0.3) is 0 Å². The molecule has 24 heavy (non-hydrogen) atoms. The summed E-state index contributed by atoms with van der Waals surface area (Å²) in [5, 5.41) is 7.57. The molecule has 8 heteroatoms. The molecule has 0 bridgehead atoms. The lowest BCUT2D eigenvalue weighted by Crippen LogP contribution is -2.45. The number of halogens is 1. The number of hydrogen-bond acceptors (Lipinski definition) is 4. The van der Waals surface area contributed by atoms with E-state index in [1.165, 1.54) is 4.90 Å². The highest BCUT2D eigenvalue weighted by molar-refractivity contribution is 9.10. The molecule has 1 aromatic carbocycles. The van der Waals surface area contributed by atoms with Crippen LogP contribution in [0.1, 0.15) is 13.8 Å². The maximum absolute atomic E-state index is 12.0. The van der Waals surface area contributed by atoms with Crippen molar-refractivity contribution in [3.63, 3.8) is 0 Å². The lowest BCUT2D eigenvalue weighted by molar-refractivity contribution is -0.122. The highest BCUT2D eigenvalue weighted by Crippen LogP contribution is 2.20. The molecule has 0 atom stereocenters. The second-order valence-corrected chi connectivity index (χ2v) is 6.71. The van der Waals surface area contributed by atoms with Crippen molar-refractivity contribution in [3.8, 4) is 0 Å². The van der Waals surface area contributed by atoms with Crippen molar-refractivity contribution >= 4 is 39.5 Å². The lowest BCUT2D eigenvalue weighted by Gasteiger charge is -2.16. The first-order valence-corrected chi connectivity index (χ1v) is 8.37. The van der Waals surface area contributed by atoms with Crippen LogP contribution in [-0.4, -0.2) is 49.4 Å². The summed E-state index contributed by atoms with van der Waals surface area (Å²) in [5.74, 6) is -0.413. The summed E-state index contributed by atoms with van der Waals surface area (Å²) in [6.45, 7) is 4.38. The molecule has 0 fully saturated rings. The van der Waals surface area contributed by atoms with E-state index >= 15 is 0 Å². The quantitative estimate of drug-likeness (QED) is 0.652. The summed E-state index contributed by atoms with van der Waals surface area (Å²) in [5.41, 5.74) is 0.661. The predicted molar refractivity (Wildman–Crippen MR) is 96.6 cm³/mol. The van der Waals surface area contributed by atoms with Gasteiger partial charge in [-0.05, 0) is 41.0 Å². The molecular weight excluding hydrogens is 376 g/mol. The molecule has 0 aliphatic carbocycles.